The van der Waals surface area contributed by atoms with Crippen LogP contribution in [0.15, 0.2) is 18.2 Å². The maximum absolute atomic E-state index is 10.4. The number of nitrogens with zero attached hydrogens (tertiary/aromatic N) is 1. The second kappa shape index (κ2) is 3.94. The summed E-state index contributed by atoms with van der Waals surface area (Å²) in [5.74, 6) is 0. The van der Waals surface area contributed by atoms with Gasteiger partial charge in [-0.15, -0.1) is 0 Å². The molecule has 1 aromatic carbocycles. The number of anilines is 2. The van der Waals surface area contributed by atoms with Gasteiger partial charge >= 0.3 is 0 Å². The minimum absolute atomic E-state index is 0.438. The summed E-state index contributed by atoms with van der Waals surface area (Å²) in [5.41, 5.74) is 8.38. The molecule has 70 valence electrons. The van der Waals surface area contributed by atoms with Crippen LogP contribution in [0.25, 0.3) is 0 Å². The fraction of sp³-hybridized carbons (Fsp3) is 0.300. The van der Waals surface area contributed by atoms with Crippen LogP contribution in [-0.4, -0.2) is 20.4 Å². The van der Waals surface area contributed by atoms with E-state index in [-0.39, 0.29) is 0 Å². The molecule has 13 heavy (non-hydrogen) atoms. The van der Waals surface area contributed by atoms with E-state index in [4.69, 9.17) is 5.73 Å². The molecule has 0 aliphatic heterocycles. The number of nitrogens with two attached hydrogens (primary N) is 1. The first kappa shape index (κ1) is 9.58. The Morgan fingerprint density at radius 3 is 2.69 bits per heavy atom. The van der Waals surface area contributed by atoms with Gasteiger partial charge in [0.25, 0.3) is 0 Å². The Balaban J connectivity index is 3.10. The van der Waals surface area contributed by atoms with E-state index in [1.165, 1.54) is 0 Å². The van der Waals surface area contributed by atoms with Crippen LogP contribution >= 0.6 is 0 Å². The van der Waals surface area contributed by atoms with Crippen molar-refractivity contribution >= 4 is 17.7 Å². The summed E-state index contributed by atoms with van der Waals surface area (Å²) in [5, 5.41) is 0. The van der Waals surface area contributed by atoms with E-state index in [1.807, 2.05) is 37.2 Å². The van der Waals surface area contributed by atoms with Gasteiger partial charge in [-0.25, -0.2) is 0 Å². The lowest BCUT2D eigenvalue weighted by molar-refractivity contribution is -0.107. The van der Waals surface area contributed by atoms with Crippen molar-refractivity contribution in [3.8, 4) is 0 Å². The molecule has 0 aromatic heterocycles. The number of hydrogen-bond donors (Lipinski definition) is 1. The summed E-state index contributed by atoms with van der Waals surface area (Å²) >= 11 is 0. The molecule has 0 aliphatic carbocycles. The monoisotopic (exact) mass is 178 g/mol. The van der Waals surface area contributed by atoms with Gasteiger partial charge in [0, 0.05) is 31.9 Å². The van der Waals surface area contributed by atoms with E-state index in [2.05, 4.69) is 0 Å². The average molecular weight is 178 g/mol. The standard InChI is InChI=1S/C10H14N2O/c1-12(2)10-7-9(11)4-3-8(10)5-6-13/h3-4,6-7H,5,11H2,1-2H3. The zero-order chi connectivity index (χ0) is 9.84. The highest BCUT2D eigenvalue weighted by Crippen LogP contribution is 2.21. The predicted molar refractivity (Wildman–Crippen MR) is 54.9 cm³/mol. The van der Waals surface area contributed by atoms with Crippen LogP contribution in [0.5, 0.6) is 0 Å². The van der Waals surface area contributed by atoms with Gasteiger partial charge < -0.3 is 15.4 Å². The van der Waals surface area contributed by atoms with Gasteiger partial charge in [0.1, 0.15) is 6.29 Å². The SMILES string of the molecule is CN(C)c1cc(N)ccc1CC=O. The first-order valence-corrected chi connectivity index (χ1v) is 4.14. The highest BCUT2D eigenvalue weighted by molar-refractivity contribution is 5.66. The summed E-state index contributed by atoms with van der Waals surface area (Å²) in [6.07, 6.45) is 1.34. The average Bonchev–Trinajstić information content (AvgIpc) is 2.08. The van der Waals surface area contributed by atoms with Gasteiger partial charge in [-0.05, 0) is 17.7 Å². The van der Waals surface area contributed by atoms with Crippen molar-refractivity contribution in [2.24, 2.45) is 0 Å². The molecule has 0 amide bonds. The largest absolute Gasteiger partial charge is 0.399 e. The number of benzene rings is 1. The maximum atomic E-state index is 10.4. The molecule has 1 aromatic rings. The summed E-state index contributed by atoms with van der Waals surface area (Å²) in [6, 6.07) is 5.57. The lowest BCUT2D eigenvalue weighted by atomic mass is 10.1. The van der Waals surface area contributed by atoms with E-state index in [1.54, 1.807) is 0 Å². The van der Waals surface area contributed by atoms with Crippen LogP contribution in [0, 0.1) is 0 Å². The molecule has 0 spiro atoms. The van der Waals surface area contributed by atoms with Crippen LogP contribution in [0.1, 0.15) is 5.56 Å². The van der Waals surface area contributed by atoms with Gasteiger partial charge in [-0.3, -0.25) is 0 Å². The molecule has 3 heteroatoms. The summed E-state index contributed by atoms with van der Waals surface area (Å²) in [6.45, 7) is 0. The Morgan fingerprint density at radius 2 is 2.15 bits per heavy atom. The maximum Gasteiger partial charge on any atom is 0.124 e. The Labute approximate surface area is 78.2 Å². The first-order chi connectivity index (χ1) is 6.15. The molecular formula is C10H14N2O. The number of rotatable bonds is 3. The Hall–Kier alpha value is -1.51. The van der Waals surface area contributed by atoms with Gasteiger partial charge in [0.15, 0.2) is 0 Å². The summed E-state index contributed by atoms with van der Waals surface area (Å²) in [4.78, 5) is 12.3. The minimum Gasteiger partial charge on any atom is -0.399 e. The molecule has 0 unspecified atom stereocenters. The van der Waals surface area contributed by atoms with Crippen molar-refractivity contribution in [1.82, 2.24) is 0 Å². The molecule has 0 fully saturated rings. The number of hydrogen-bond acceptors (Lipinski definition) is 3. The fourth-order valence-corrected chi connectivity index (χ4v) is 1.26. The topological polar surface area (TPSA) is 46.3 Å². The normalized spacial score (nSPS) is 9.69. The predicted octanol–water partition coefficient (Wildman–Crippen LogP) is 1.08. The first-order valence-electron chi connectivity index (χ1n) is 4.14. The highest BCUT2D eigenvalue weighted by Gasteiger charge is 2.03. The zero-order valence-electron chi connectivity index (χ0n) is 7.95. The lowest BCUT2D eigenvalue weighted by Crippen LogP contribution is -2.12. The fourth-order valence-electron chi connectivity index (χ4n) is 1.26. The third kappa shape index (κ3) is 2.21. The molecule has 1 rings (SSSR count). The smallest absolute Gasteiger partial charge is 0.124 e. The lowest BCUT2D eigenvalue weighted by Gasteiger charge is -2.16. The van der Waals surface area contributed by atoms with Gasteiger partial charge in [-0.2, -0.15) is 0 Å². The van der Waals surface area contributed by atoms with E-state index >= 15 is 0 Å². The van der Waals surface area contributed by atoms with E-state index in [0.717, 1.165) is 23.2 Å². The molecule has 0 bridgehead atoms. The molecular weight excluding hydrogens is 164 g/mol. The Kier molecular flexibility index (Phi) is 2.90. The van der Waals surface area contributed by atoms with Crippen molar-refractivity contribution < 1.29 is 4.79 Å². The van der Waals surface area contributed by atoms with E-state index < -0.39 is 0 Å². The second-order valence-corrected chi connectivity index (χ2v) is 3.15. The Bertz CT molecular complexity index is 308. The van der Waals surface area contributed by atoms with Crippen molar-refractivity contribution in [2.45, 2.75) is 6.42 Å². The Morgan fingerprint density at radius 1 is 1.46 bits per heavy atom. The molecule has 0 atom stereocenters. The van der Waals surface area contributed by atoms with Crippen molar-refractivity contribution in [3.05, 3.63) is 23.8 Å². The third-order valence-corrected chi connectivity index (χ3v) is 1.89. The molecule has 0 aliphatic rings. The summed E-state index contributed by atoms with van der Waals surface area (Å²) in [7, 11) is 3.87. The quantitative estimate of drug-likeness (QED) is 0.556. The number of nitrogen functional groups attached to an aromatic ring is 1. The van der Waals surface area contributed by atoms with Crippen LogP contribution in [0.2, 0.25) is 0 Å². The van der Waals surface area contributed by atoms with E-state index in [9.17, 15) is 4.79 Å². The van der Waals surface area contributed by atoms with Gasteiger partial charge in [0.05, 0.1) is 0 Å². The third-order valence-electron chi connectivity index (χ3n) is 1.89. The molecule has 3 nitrogen and oxygen atoms in total. The molecule has 2 N–H and O–H groups in total. The second-order valence-electron chi connectivity index (χ2n) is 3.15. The molecule has 0 radical (unpaired) electrons. The van der Waals surface area contributed by atoms with E-state index in [0.29, 0.717) is 6.42 Å². The summed E-state index contributed by atoms with van der Waals surface area (Å²) < 4.78 is 0. The molecule has 0 saturated carbocycles. The van der Waals surface area contributed by atoms with Gasteiger partial charge in [-0.1, -0.05) is 6.07 Å². The molecule has 0 heterocycles. The number of carbonyl (C=O) groups excluding carboxylic acids is 1. The van der Waals surface area contributed by atoms with Crippen LogP contribution in [0.3, 0.4) is 0 Å². The van der Waals surface area contributed by atoms with Crippen LogP contribution in [0.4, 0.5) is 11.4 Å². The number of carbonyl (C=O) groups is 1. The van der Waals surface area contributed by atoms with Crippen LogP contribution in [-0.2, 0) is 11.2 Å². The highest BCUT2D eigenvalue weighted by atomic mass is 16.1. The molecule has 0 saturated heterocycles. The zero-order valence-corrected chi connectivity index (χ0v) is 7.95. The van der Waals surface area contributed by atoms with Gasteiger partial charge in [0.2, 0.25) is 0 Å². The van der Waals surface area contributed by atoms with Crippen molar-refractivity contribution in [2.75, 3.05) is 24.7 Å². The van der Waals surface area contributed by atoms with Crippen LogP contribution < -0.4 is 10.6 Å². The van der Waals surface area contributed by atoms with Crippen molar-refractivity contribution in [3.63, 3.8) is 0 Å². The van der Waals surface area contributed by atoms with Crippen molar-refractivity contribution in [1.29, 1.82) is 0 Å². The number of aldehydes is 1. The minimum atomic E-state index is 0.438.